The van der Waals surface area contributed by atoms with E-state index in [4.69, 9.17) is 4.74 Å². The molecule has 2 N–H and O–H groups in total. The molecule has 0 radical (unpaired) electrons. The predicted molar refractivity (Wildman–Crippen MR) is 62.9 cm³/mol. The Labute approximate surface area is 100 Å². The van der Waals surface area contributed by atoms with E-state index >= 15 is 0 Å². The molecule has 0 unspecified atom stereocenters. The Morgan fingerprint density at radius 1 is 1.59 bits per heavy atom. The third-order valence-corrected chi connectivity index (χ3v) is 2.76. The summed E-state index contributed by atoms with van der Waals surface area (Å²) in [6.45, 7) is 6.79. The van der Waals surface area contributed by atoms with Crippen molar-refractivity contribution in [3.05, 3.63) is 17.7 Å². The van der Waals surface area contributed by atoms with Crippen molar-refractivity contribution in [2.24, 2.45) is 0 Å². The van der Waals surface area contributed by atoms with Crippen molar-refractivity contribution < 1.29 is 9.53 Å². The molecule has 1 aliphatic rings. The minimum atomic E-state index is -0.0983. The molecule has 1 aliphatic heterocycles. The molecule has 2 heterocycles. The van der Waals surface area contributed by atoms with E-state index in [0.29, 0.717) is 12.2 Å². The number of carbonyl (C=O) groups is 1. The van der Waals surface area contributed by atoms with Crippen LogP contribution in [0, 0.1) is 6.92 Å². The molecule has 0 spiro atoms. The fourth-order valence-corrected chi connectivity index (χ4v) is 1.78. The number of hydrogen-bond acceptors (Lipinski definition) is 4. The molecular weight excluding hydrogens is 220 g/mol. The molecule has 6 heteroatoms. The minimum absolute atomic E-state index is 0.0983. The van der Waals surface area contributed by atoms with Crippen molar-refractivity contribution in [1.29, 1.82) is 0 Å². The Bertz CT molecular complexity index is 371. The Kier molecular flexibility index (Phi) is 4.11. The lowest BCUT2D eigenvalue weighted by molar-refractivity contribution is 0.0383. The Morgan fingerprint density at radius 3 is 3.00 bits per heavy atom. The van der Waals surface area contributed by atoms with Crippen LogP contribution in [0.4, 0.5) is 0 Å². The van der Waals surface area contributed by atoms with E-state index in [1.807, 2.05) is 6.92 Å². The van der Waals surface area contributed by atoms with Gasteiger partial charge in [0.2, 0.25) is 0 Å². The molecule has 1 aromatic heterocycles. The largest absolute Gasteiger partial charge is 0.379 e. The van der Waals surface area contributed by atoms with Gasteiger partial charge in [0.05, 0.1) is 19.4 Å². The van der Waals surface area contributed by atoms with Crippen LogP contribution in [0.1, 0.15) is 16.3 Å². The highest BCUT2D eigenvalue weighted by molar-refractivity contribution is 5.92. The molecule has 0 atom stereocenters. The quantitative estimate of drug-likeness (QED) is 0.761. The van der Waals surface area contributed by atoms with E-state index in [-0.39, 0.29) is 5.91 Å². The number of nitrogens with one attached hydrogen (secondary N) is 2. The van der Waals surface area contributed by atoms with Crippen molar-refractivity contribution in [3.8, 4) is 0 Å². The van der Waals surface area contributed by atoms with E-state index in [1.54, 1.807) is 6.20 Å². The van der Waals surface area contributed by atoms with Crippen molar-refractivity contribution in [1.82, 2.24) is 20.2 Å². The van der Waals surface area contributed by atoms with Crippen molar-refractivity contribution in [2.75, 3.05) is 39.4 Å². The van der Waals surface area contributed by atoms with E-state index in [9.17, 15) is 4.79 Å². The summed E-state index contributed by atoms with van der Waals surface area (Å²) in [4.78, 5) is 20.9. The summed E-state index contributed by atoms with van der Waals surface area (Å²) in [7, 11) is 0. The van der Waals surface area contributed by atoms with Gasteiger partial charge in [0.15, 0.2) is 0 Å². The first kappa shape index (κ1) is 12.1. The second-order valence-corrected chi connectivity index (χ2v) is 4.09. The number of morpholine rings is 1. The van der Waals surface area contributed by atoms with Crippen molar-refractivity contribution >= 4 is 5.91 Å². The first-order chi connectivity index (χ1) is 8.25. The first-order valence-corrected chi connectivity index (χ1v) is 5.85. The second kappa shape index (κ2) is 5.79. The number of aryl methyl sites for hydroxylation is 1. The molecule has 0 aromatic carbocycles. The van der Waals surface area contributed by atoms with Crippen LogP contribution < -0.4 is 5.32 Å². The molecule has 17 heavy (non-hydrogen) atoms. The van der Waals surface area contributed by atoms with Crippen LogP contribution in [0.5, 0.6) is 0 Å². The van der Waals surface area contributed by atoms with E-state index in [0.717, 1.165) is 38.7 Å². The minimum Gasteiger partial charge on any atom is -0.379 e. The van der Waals surface area contributed by atoms with Gasteiger partial charge in [-0.05, 0) is 6.92 Å². The maximum atomic E-state index is 11.7. The fraction of sp³-hybridized carbons (Fsp3) is 0.636. The highest BCUT2D eigenvalue weighted by Gasteiger charge is 2.11. The van der Waals surface area contributed by atoms with E-state index < -0.39 is 0 Å². The highest BCUT2D eigenvalue weighted by atomic mass is 16.5. The average molecular weight is 238 g/mol. The van der Waals surface area contributed by atoms with Gasteiger partial charge in [-0.25, -0.2) is 4.98 Å². The number of nitrogens with zero attached hydrogens (tertiary/aromatic N) is 2. The first-order valence-electron chi connectivity index (χ1n) is 5.85. The number of rotatable bonds is 4. The third-order valence-electron chi connectivity index (χ3n) is 2.76. The van der Waals surface area contributed by atoms with Gasteiger partial charge in [-0.2, -0.15) is 0 Å². The lowest BCUT2D eigenvalue weighted by Gasteiger charge is -2.26. The topological polar surface area (TPSA) is 70.2 Å². The van der Waals surface area contributed by atoms with Gasteiger partial charge in [0.25, 0.3) is 5.91 Å². The van der Waals surface area contributed by atoms with Crippen molar-refractivity contribution in [3.63, 3.8) is 0 Å². The number of ether oxygens (including phenoxy) is 1. The molecule has 1 aromatic rings. The van der Waals surface area contributed by atoms with Crippen LogP contribution >= 0.6 is 0 Å². The Morgan fingerprint density at radius 2 is 2.35 bits per heavy atom. The normalized spacial score (nSPS) is 17.0. The van der Waals surface area contributed by atoms with Gasteiger partial charge < -0.3 is 15.0 Å². The number of aromatic nitrogens is 2. The van der Waals surface area contributed by atoms with Crippen LogP contribution in [-0.2, 0) is 4.74 Å². The van der Waals surface area contributed by atoms with E-state index in [1.165, 1.54) is 0 Å². The molecule has 1 fully saturated rings. The average Bonchev–Trinajstić information content (AvgIpc) is 2.77. The smallest absolute Gasteiger partial charge is 0.269 e. The fourth-order valence-electron chi connectivity index (χ4n) is 1.78. The van der Waals surface area contributed by atoms with Gasteiger partial charge in [0, 0.05) is 26.2 Å². The summed E-state index contributed by atoms with van der Waals surface area (Å²) in [5.74, 6) is 0.655. The maximum absolute atomic E-state index is 11.7. The Balaban J connectivity index is 1.69. The molecule has 1 saturated heterocycles. The summed E-state index contributed by atoms with van der Waals surface area (Å²) in [6, 6.07) is 0. The molecule has 94 valence electrons. The Hall–Kier alpha value is -1.40. The third kappa shape index (κ3) is 3.54. The summed E-state index contributed by atoms with van der Waals surface area (Å²) >= 11 is 0. The zero-order valence-corrected chi connectivity index (χ0v) is 10.0. The molecule has 2 rings (SSSR count). The second-order valence-electron chi connectivity index (χ2n) is 4.09. The van der Waals surface area contributed by atoms with Crippen LogP contribution in [-0.4, -0.2) is 60.2 Å². The summed E-state index contributed by atoms with van der Waals surface area (Å²) in [5, 5.41) is 2.87. The standard InChI is InChI=1S/C11H18N4O2/c1-9-13-8-10(14-9)11(16)12-2-3-15-4-6-17-7-5-15/h8H,2-7H2,1H3,(H,12,16)(H,13,14). The molecular formula is C11H18N4O2. The van der Waals surface area contributed by atoms with E-state index in [2.05, 4.69) is 20.2 Å². The summed E-state index contributed by atoms with van der Waals surface area (Å²) < 4.78 is 5.26. The lowest BCUT2D eigenvalue weighted by Crippen LogP contribution is -2.41. The van der Waals surface area contributed by atoms with Gasteiger partial charge in [-0.15, -0.1) is 0 Å². The zero-order valence-electron chi connectivity index (χ0n) is 10.0. The lowest BCUT2D eigenvalue weighted by atomic mass is 10.4. The maximum Gasteiger partial charge on any atom is 0.269 e. The number of H-pyrrole nitrogens is 1. The van der Waals surface area contributed by atoms with Gasteiger partial charge in [-0.1, -0.05) is 0 Å². The van der Waals surface area contributed by atoms with Gasteiger partial charge in [-0.3, -0.25) is 9.69 Å². The highest BCUT2D eigenvalue weighted by Crippen LogP contribution is 1.97. The van der Waals surface area contributed by atoms with Crippen molar-refractivity contribution in [2.45, 2.75) is 6.92 Å². The predicted octanol–water partition coefficient (Wildman–Crippen LogP) is -0.220. The monoisotopic (exact) mass is 238 g/mol. The SMILES string of the molecule is Cc1ncc(C(=O)NCCN2CCOCC2)[nH]1. The number of aromatic amines is 1. The zero-order chi connectivity index (χ0) is 12.1. The number of carbonyl (C=O) groups excluding carboxylic acids is 1. The molecule has 0 aliphatic carbocycles. The number of imidazole rings is 1. The van der Waals surface area contributed by atoms with Gasteiger partial charge >= 0.3 is 0 Å². The molecule has 0 saturated carbocycles. The van der Waals surface area contributed by atoms with Crippen LogP contribution in [0.15, 0.2) is 6.20 Å². The van der Waals surface area contributed by atoms with Crippen LogP contribution in [0.25, 0.3) is 0 Å². The number of hydrogen-bond donors (Lipinski definition) is 2. The molecule has 1 amide bonds. The molecule has 0 bridgehead atoms. The van der Waals surface area contributed by atoms with Gasteiger partial charge in [0.1, 0.15) is 11.5 Å². The number of amides is 1. The molecule has 6 nitrogen and oxygen atoms in total. The van der Waals surface area contributed by atoms with Crippen LogP contribution in [0.3, 0.4) is 0 Å². The summed E-state index contributed by atoms with van der Waals surface area (Å²) in [6.07, 6.45) is 1.55. The van der Waals surface area contributed by atoms with Crippen LogP contribution in [0.2, 0.25) is 0 Å². The summed E-state index contributed by atoms with van der Waals surface area (Å²) in [5.41, 5.74) is 0.518.